The van der Waals surface area contributed by atoms with Crippen LogP contribution in [-0.4, -0.2) is 48.4 Å². The van der Waals surface area contributed by atoms with Gasteiger partial charge in [0.25, 0.3) is 11.5 Å². The fourth-order valence-electron chi connectivity index (χ4n) is 4.06. The van der Waals surface area contributed by atoms with Crippen molar-refractivity contribution in [1.82, 2.24) is 14.9 Å². The van der Waals surface area contributed by atoms with E-state index < -0.39 is 0 Å². The van der Waals surface area contributed by atoms with Crippen molar-refractivity contribution in [3.05, 3.63) is 80.8 Å². The molecule has 0 aliphatic carbocycles. The normalized spacial score (nSPS) is 13.7. The van der Waals surface area contributed by atoms with Crippen molar-refractivity contribution < 1.29 is 14.3 Å². The molecule has 2 aromatic heterocycles. The first-order valence-corrected chi connectivity index (χ1v) is 12.5. The molecule has 4 aromatic rings. The number of anilines is 1. The molecular formula is C26H26N4O4S. The van der Waals surface area contributed by atoms with E-state index in [2.05, 4.69) is 5.32 Å². The van der Waals surface area contributed by atoms with E-state index in [1.807, 2.05) is 53.6 Å². The van der Waals surface area contributed by atoms with Crippen molar-refractivity contribution in [3.8, 4) is 11.4 Å². The van der Waals surface area contributed by atoms with Crippen LogP contribution in [0.15, 0.2) is 64.8 Å². The van der Waals surface area contributed by atoms with E-state index in [0.29, 0.717) is 67.6 Å². The molecule has 5 rings (SSSR count). The predicted octanol–water partition coefficient (Wildman–Crippen LogP) is 3.61. The van der Waals surface area contributed by atoms with Crippen LogP contribution in [0.1, 0.15) is 22.2 Å². The van der Waals surface area contributed by atoms with Gasteiger partial charge in [-0.05, 0) is 60.8 Å². The number of amides is 1. The largest absolute Gasteiger partial charge is 0.494 e. The van der Waals surface area contributed by atoms with Gasteiger partial charge in [0.1, 0.15) is 5.75 Å². The second-order valence-corrected chi connectivity index (χ2v) is 9.10. The van der Waals surface area contributed by atoms with Gasteiger partial charge < -0.3 is 19.7 Å². The molecule has 180 valence electrons. The molecular weight excluding hydrogens is 464 g/mol. The standard InChI is InChI=1S/C26H26N4O4S/c1-2-34-20-8-6-19(7-9-20)30-25(32)22-10-5-18(24(31)27-17-21-4-3-15-35-21)16-23(22)28-26(30)29-11-13-33-14-12-29/h3-10,15-16H,2,11-14,17H2,1H3,(H,27,31). The predicted molar refractivity (Wildman–Crippen MR) is 137 cm³/mol. The van der Waals surface area contributed by atoms with Crippen LogP contribution in [0.3, 0.4) is 0 Å². The van der Waals surface area contributed by atoms with Crippen LogP contribution in [0.5, 0.6) is 5.75 Å². The lowest BCUT2D eigenvalue weighted by molar-refractivity contribution is 0.0951. The summed E-state index contributed by atoms with van der Waals surface area (Å²) in [5.41, 5.74) is 1.47. The molecule has 35 heavy (non-hydrogen) atoms. The minimum Gasteiger partial charge on any atom is -0.494 e. The van der Waals surface area contributed by atoms with E-state index in [1.54, 1.807) is 34.1 Å². The number of hydrogen-bond acceptors (Lipinski definition) is 7. The molecule has 0 spiro atoms. The van der Waals surface area contributed by atoms with Crippen LogP contribution in [0, 0.1) is 0 Å². The highest BCUT2D eigenvalue weighted by Crippen LogP contribution is 2.23. The number of ether oxygens (including phenoxy) is 2. The molecule has 0 radical (unpaired) electrons. The minimum atomic E-state index is -0.203. The summed E-state index contributed by atoms with van der Waals surface area (Å²) < 4.78 is 12.7. The Morgan fingerprint density at radius 3 is 2.66 bits per heavy atom. The highest BCUT2D eigenvalue weighted by atomic mass is 32.1. The summed E-state index contributed by atoms with van der Waals surface area (Å²) >= 11 is 1.59. The van der Waals surface area contributed by atoms with Crippen molar-refractivity contribution in [3.63, 3.8) is 0 Å². The molecule has 9 heteroatoms. The number of hydrogen-bond donors (Lipinski definition) is 1. The van der Waals surface area contributed by atoms with Gasteiger partial charge in [-0.25, -0.2) is 9.55 Å². The number of thiophene rings is 1. The van der Waals surface area contributed by atoms with Crippen molar-refractivity contribution in [2.45, 2.75) is 13.5 Å². The summed E-state index contributed by atoms with van der Waals surface area (Å²) in [6, 6.07) is 16.4. The third-order valence-corrected chi connectivity index (χ3v) is 6.69. The summed E-state index contributed by atoms with van der Waals surface area (Å²) in [6.45, 7) is 5.31. The van der Waals surface area contributed by atoms with Gasteiger partial charge in [-0.3, -0.25) is 9.59 Å². The lowest BCUT2D eigenvalue weighted by Crippen LogP contribution is -2.40. The molecule has 8 nitrogen and oxygen atoms in total. The molecule has 0 saturated carbocycles. The van der Waals surface area contributed by atoms with E-state index in [-0.39, 0.29) is 11.5 Å². The third-order valence-electron chi connectivity index (χ3n) is 5.82. The molecule has 1 N–H and O–H groups in total. The van der Waals surface area contributed by atoms with E-state index in [4.69, 9.17) is 14.5 Å². The lowest BCUT2D eigenvalue weighted by atomic mass is 10.1. The number of carbonyl (C=O) groups is 1. The summed E-state index contributed by atoms with van der Waals surface area (Å²) in [7, 11) is 0. The van der Waals surface area contributed by atoms with E-state index in [9.17, 15) is 9.59 Å². The maximum Gasteiger partial charge on any atom is 0.267 e. The van der Waals surface area contributed by atoms with Gasteiger partial charge >= 0.3 is 0 Å². The maximum atomic E-state index is 13.7. The Balaban J connectivity index is 1.55. The summed E-state index contributed by atoms with van der Waals surface area (Å²) in [5, 5.41) is 5.36. The van der Waals surface area contributed by atoms with Gasteiger partial charge in [-0.2, -0.15) is 0 Å². The number of aromatic nitrogens is 2. The Morgan fingerprint density at radius 2 is 1.94 bits per heavy atom. The van der Waals surface area contributed by atoms with Crippen molar-refractivity contribution in [1.29, 1.82) is 0 Å². The topological polar surface area (TPSA) is 85.7 Å². The molecule has 1 fully saturated rings. The lowest BCUT2D eigenvalue weighted by Gasteiger charge is -2.30. The Bertz CT molecular complexity index is 1380. The van der Waals surface area contributed by atoms with Crippen LogP contribution < -0.4 is 20.5 Å². The number of rotatable bonds is 7. The van der Waals surface area contributed by atoms with Gasteiger partial charge in [0, 0.05) is 23.5 Å². The molecule has 1 amide bonds. The van der Waals surface area contributed by atoms with Crippen LogP contribution in [-0.2, 0) is 11.3 Å². The molecule has 1 saturated heterocycles. The summed E-state index contributed by atoms with van der Waals surface area (Å²) in [4.78, 5) is 34.5. The SMILES string of the molecule is CCOc1ccc(-n2c(N3CCOCC3)nc3cc(C(=O)NCc4cccs4)ccc3c2=O)cc1. The first kappa shape index (κ1) is 23.1. The quantitative estimate of drug-likeness (QED) is 0.426. The van der Waals surface area contributed by atoms with Gasteiger partial charge in [-0.15, -0.1) is 11.3 Å². The minimum absolute atomic E-state index is 0.189. The summed E-state index contributed by atoms with van der Waals surface area (Å²) in [6.07, 6.45) is 0. The Kier molecular flexibility index (Phi) is 6.78. The number of nitrogens with one attached hydrogen (secondary N) is 1. The second kappa shape index (κ2) is 10.3. The van der Waals surface area contributed by atoms with Crippen molar-refractivity contribution >= 4 is 34.1 Å². The molecule has 0 unspecified atom stereocenters. The monoisotopic (exact) mass is 490 g/mol. The van der Waals surface area contributed by atoms with E-state index in [0.717, 1.165) is 10.6 Å². The molecule has 2 aromatic carbocycles. The zero-order valence-electron chi connectivity index (χ0n) is 19.4. The zero-order chi connectivity index (χ0) is 24.2. The van der Waals surface area contributed by atoms with Gasteiger partial charge in [0.05, 0.1) is 43.0 Å². The average Bonchev–Trinajstić information content (AvgIpc) is 3.42. The smallest absolute Gasteiger partial charge is 0.267 e. The Labute approximate surface area is 206 Å². The molecule has 3 heterocycles. The number of morpholine rings is 1. The Hall–Kier alpha value is -3.69. The first-order chi connectivity index (χ1) is 17.1. The fraction of sp³-hybridized carbons (Fsp3) is 0.269. The number of carbonyl (C=O) groups excluding carboxylic acids is 1. The van der Waals surface area contributed by atoms with Gasteiger partial charge in [-0.1, -0.05) is 6.07 Å². The molecule has 0 bridgehead atoms. The highest BCUT2D eigenvalue weighted by Gasteiger charge is 2.21. The van der Waals surface area contributed by atoms with Crippen LogP contribution >= 0.6 is 11.3 Å². The molecule has 1 aliphatic heterocycles. The first-order valence-electron chi connectivity index (χ1n) is 11.6. The maximum absolute atomic E-state index is 13.7. The van der Waals surface area contributed by atoms with Crippen molar-refractivity contribution in [2.24, 2.45) is 0 Å². The van der Waals surface area contributed by atoms with Crippen LogP contribution in [0.25, 0.3) is 16.6 Å². The number of nitrogens with zero attached hydrogens (tertiary/aromatic N) is 3. The van der Waals surface area contributed by atoms with Crippen LogP contribution in [0.2, 0.25) is 0 Å². The van der Waals surface area contributed by atoms with E-state index >= 15 is 0 Å². The zero-order valence-corrected chi connectivity index (χ0v) is 20.2. The van der Waals surface area contributed by atoms with E-state index in [1.165, 1.54) is 0 Å². The van der Waals surface area contributed by atoms with Crippen LogP contribution in [0.4, 0.5) is 5.95 Å². The average molecular weight is 491 g/mol. The highest BCUT2D eigenvalue weighted by molar-refractivity contribution is 7.09. The summed E-state index contributed by atoms with van der Waals surface area (Å²) in [5.74, 6) is 1.07. The Morgan fingerprint density at radius 1 is 1.14 bits per heavy atom. The van der Waals surface area contributed by atoms with Gasteiger partial charge in [0.15, 0.2) is 0 Å². The number of fused-ring (bicyclic) bond motifs is 1. The fourth-order valence-corrected chi connectivity index (χ4v) is 4.71. The van der Waals surface area contributed by atoms with Gasteiger partial charge in [0.2, 0.25) is 5.95 Å². The molecule has 0 atom stereocenters. The third kappa shape index (κ3) is 4.91. The second-order valence-electron chi connectivity index (χ2n) is 8.07. The van der Waals surface area contributed by atoms with Crippen molar-refractivity contribution in [2.75, 3.05) is 37.8 Å². The molecule has 1 aliphatic rings. The number of benzene rings is 2.